The predicted molar refractivity (Wildman–Crippen MR) is 161 cm³/mol. The standard InChI is InChI=1S/C33H42N4O4/c1-3-37(32(39)18-19-35-24-29(38)20-26-14-16-30(17-15-26)41-4-2)31(21-25-8-6-5-7-9-25)33(40)36-23-28-12-10-27(22-34)11-13-28/h5-17,31,35H,3-4,18-24,34H2,1-2H3,(H,36,40)/t31-/m1/s1. The Kier molecular flexibility index (Phi) is 13.0. The fourth-order valence-corrected chi connectivity index (χ4v) is 4.58. The fourth-order valence-electron chi connectivity index (χ4n) is 4.58. The van der Waals surface area contributed by atoms with Crippen molar-refractivity contribution in [2.45, 2.75) is 52.2 Å². The second-order valence-corrected chi connectivity index (χ2v) is 9.84. The Morgan fingerprint density at radius 3 is 2.15 bits per heavy atom. The molecule has 0 fully saturated rings. The molecular weight excluding hydrogens is 516 g/mol. The molecule has 0 aliphatic heterocycles. The number of carbonyl (C=O) groups excluding carboxylic acids is 3. The third-order valence-corrected chi connectivity index (χ3v) is 6.81. The summed E-state index contributed by atoms with van der Waals surface area (Å²) in [7, 11) is 0. The molecule has 3 aromatic rings. The molecule has 0 spiro atoms. The lowest BCUT2D eigenvalue weighted by Crippen LogP contribution is -2.51. The molecule has 1 atom stereocenters. The summed E-state index contributed by atoms with van der Waals surface area (Å²) in [5.41, 5.74) is 9.56. The number of amides is 2. The highest BCUT2D eigenvalue weighted by atomic mass is 16.5. The Morgan fingerprint density at radius 2 is 1.51 bits per heavy atom. The van der Waals surface area contributed by atoms with Gasteiger partial charge in [0.1, 0.15) is 11.8 Å². The molecule has 0 aliphatic rings. The number of rotatable bonds is 17. The van der Waals surface area contributed by atoms with Crippen LogP contribution < -0.4 is 21.1 Å². The van der Waals surface area contributed by atoms with Crippen molar-refractivity contribution < 1.29 is 19.1 Å². The number of nitrogens with zero attached hydrogens (tertiary/aromatic N) is 1. The first-order chi connectivity index (χ1) is 19.9. The van der Waals surface area contributed by atoms with E-state index in [2.05, 4.69) is 10.6 Å². The molecule has 0 unspecified atom stereocenters. The molecule has 3 aromatic carbocycles. The molecule has 41 heavy (non-hydrogen) atoms. The smallest absolute Gasteiger partial charge is 0.243 e. The molecule has 218 valence electrons. The van der Waals surface area contributed by atoms with Gasteiger partial charge in [0.25, 0.3) is 0 Å². The van der Waals surface area contributed by atoms with Gasteiger partial charge in [-0.15, -0.1) is 0 Å². The van der Waals surface area contributed by atoms with Gasteiger partial charge in [0.2, 0.25) is 11.8 Å². The Hall–Kier alpha value is -4.01. The number of benzene rings is 3. The van der Waals surface area contributed by atoms with Crippen LogP contribution in [0.25, 0.3) is 0 Å². The molecule has 0 saturated carbocycles. The molecule has 0 heterocycles. The zero-order valence-corrected chi connectivity index (χ0v) is 24.1. The molecule has 0 bridgehead atoms. The van der Waals surface area contributed by atoms with Gasteiger partial charge < -0.3 is 26.0 Å². The highest BCUT2D eigenvalue weighted by Gasteiger charge is 2.28. The van der Waals surface area contributed by atoms with Crippen LogP contribution in [0.15, 0.2) is 78.9 Å². The van der Waals surface area contributed by atoms with E-state index in [1.165, 1.54) is 0 Å². The molecule has 0 aliphatic carbocycles. The van der Waals surface area contributed by atoms with Crippen LogP contribution in [0.5, 0.6) is 5.75 Å². The summed E-state index contributed by atoms with van der Waals surface area (Å²) in [5.74, 6) is 0.476. The maximum absolute atomic E-state index is 13.4. The molecule has 8 heteroatoms. The molecular formula is C33H42N4O4. The second kappa shape index (κ2) is 16.9. The van der Waals surface area contributed by atoms with Crippen LogP contribution in [0.2, 0.25) is 0 Å². The maximum atomic E-state index is 13.4. The van der Waals surface area contributed by atoms with Gasteiger partial charge in [-0.25, -0.2) is 0 Å². The van der Waals surface area contributed by atoms with Gasteiger partial charge in [-0.3, -0.25) is 14.4 Å². The van der Waals surface area contributed by atoms with Gasteiger partial charge >= 0.3 is 0 Å². The van der Waals surface area contributed by atoms with Crippen molar-refractivity contribution >= 4 is 17.6 Å². The Labute approximate surface area is 243 Å². The van der Waals surface area contributed by atoms with Crippen LogP contribution in [0.3, 0.4) is 0 Å². The molecule has 0 aromatic heterocycles. The summed E-state index contributed by atoms with van der Waals surface area (Å²) < 4.78 is 5.44. The summed E-state index contributed by atoms with van der Waals surface area (Å²) in [4.78, 5) is 40.7. The number of likely N-dealkylation sites (N-methyl/N-ethyl adjacent to an activating group) is 1. The molecule has 2 amide bonds. The summed E-state index contributed by atoms with van der Waals surface area (Å²) in [6.07, 6.45) is 0.901. The summed E-state index contributed by atoms with van der Waals surface area (Å²) in [5, 5.41) is 6.10. The van der Waals surface area contributed by atoms with Gasteiger partial charge in [0, 0.05) is 45.4 Å². The summed E-state index contributed by atoms with van der Waals surface area (Å²) in [6, 6.07) is 24.3. The molecule has 0 saturated heterocycles. The van der Waals surface area contributed by atoms with Crippen molar-refractivity contribution in [3.05, 3.63) is 101 Å². The van der Waals surface area contributed by atoms with E-state index in [4.69, 9.17) is 10.5 Å². The minimum atomic E-state index is -0.653. The molecule has 4 N–H and O–H groups in total. The van der Waals surface area contributed by atoms with E-state index < -0.39 is 6.04 Å². The van der Waals surface area contributed by atoms with Gasteiger partial charge in [-0.2, -0.15) is 0 Å². The van der Waals surface area contributed by atoms with Gasteiger partial charge in [0.15, 0.2) is 5.78 Å². The van der Waals surface area contributed by atoms with E-state index in [1.54, 1.807) is 4.90 Å². The van der Waals surface area contributed by atoms with Crippen molar-refractivity contribution in [3.63, 3.8) is 0 Å². The van der Waals surface area contributed by atoms with Crippen molar-refractivity contribution in [1.82, 2.24) is 15.5 Å². The Morgan fingerprint density at radius 1 is 0.854 bits per heavy atom. The lowest BCUT2D eigenvalue weighted by Gasteiger charge is -2.30. The van der Waals surface area contributed by atoms with E-state index in [1.807, 2.05) is 92.7 Å². The van der Waals surface area contributed by atoms with Crippen LogP contribution in [0.1, 0.15) is 42.5 Å². The second-order valence-electron chi connectivity index (χ2n) is 9.84. The third kappa shape index (κ3) is 10.5. The van der Waals surface area contributed by atoms with Crippen LogP contribution in [-0.2, 0) is 40.3 Å². The number of hydrogen-bond donors (Lipinski definition) is 3. The van der Waals surface area contributed by atoms with E-state index in [0.29, 0.717) is 45.6 Å². The van der Waals surface area contributed by atoms with Crippen molar-refractivity contribution in [1.29, 1.82) is 0 Å². The fraction of sp³-hybridized carbons (Fsp3) is 0.364. The van der Waals surface area contributed by atoms with Crippen molar-refractivity contribution in [2.24, 2.45) is 5.73 Å². The number of ether oxygens (including phenoxy) is 1. The maximum Gasteiger partial charge on any atom is 0.243 e. The normalized spacial score (nSPS) is 11.5. The number of ketones is 1. The van der Waals surface area contributed by atoms with E-state index in [0.717, 1.165) is 28.0 Å². The summed E-state index contributed by atoms with van der Waals surface area (Å²) in [6.45, 7) is 6.13. The van der Waals surface area contributed by atoms with Gasteiger partial charge in [0.05, 0.1) is 13.2 Å². The first-order valence-electron chi connectivity index (χ1n) is 14.3. The molecule has 0 radical (unpaired) electrons. The Balaban J connectivity index is 1.54. The highest BCUT2D eigenvalue weighted by molar-refractivity contribution is 5.88. The van der Waals surface area contributed by atoms with Gasteiger partial charge in [-0.1, -0.05) is 66.7 Å². The van der Waals surface area contributed by atoms with Crippen LogP contribution in [0.4, 0.5) is 0 Å². The average Bonchev–Trinajstić information content (AvgIpc) is 3.00. The van der Waals surface area contributed by atoms with Crippen LogP contribution in [0, 0.1) is 0 Å². The largest absolute Gasteiger partial charge is 0.494 e. The zero-order valence-electron chi connectivity index (χ0n) is 24.1. The quantitative estimate of drug-likeness (QED) is 0.219. The predicted octanol–water partition coefficient (Wildman–Crippen LogP) is 3.41. The topological polar surface area (TPSA) is 114 Å². The molecule has 3 rings (SSSR count). The number of carbonyl (C=O) groups is 3. The SMILES string of the molecule is CCOc1ccc(CC(=O)CNCCC(=O)N(CC)[C@H](Cc2ccccc2)C(=O)NCc2ccc(CN)cc2)cc1. The van der Waals surface area contributed by atoms with E-state index in [9.17, 15) is 14.4 Å². The first kappa shape index (κ1) is 31.5. The van der Waals surface area contributed by atoms with Crippen molar-refractivity contribution in [2.75, 3.05) is 26.2 Å². The minimum absolute atomic E-state index is 0.0368. The minimum Gasteiger partial charge on any atom is -0.494 e. The summed E-state index contributed by atoms with van der Waals surface area (Å²) >= 11 is 0. The number of nitrogens with one attached hydrogen (secondary N) is 2. The lowest BCUT2D eigenvalue weighted by molar-refractivity contribution is -0.140. The average molecular weight is 559 g/mol. The highest BCUT2D eigenvalue weighted by Crippen LogP contribution is 2.14. The van der Waals surface area contributed by atoms with E-state index in [-0.39, 0.29) is 30.6 Å². The van der Waals surface area contributed by atoms with Crippen LogP contribution >= 0.6 is 0 Å². The van der Waals surface area contributed by atoms with Crippen LogP contribution in [-0.4, -0.2) is 54.8 Å². The zero-order chi connectivity index (χ0) is 29.5. The third-order valence-electron chi connectivity index (χ3n) is 6.81. The monoisotopic (exact) mass is 558 g/mol. The molecule has 8 nitrogen and oxygen atoms in total. The van der Waals surface area contributed by atoms with E-state index >= 15 is 0 Å². The Bertz CT molecular complexity index is 1230. The van der Waals surface area contributed by atoms with Crippen molar-refractivity contribution in [3.8, 4) is 5.75 Å². The lowest BCUT2D eigenvalue weighted by atomic mass is 10.0. The number of Topliss-reactive ketones (excluding diaryl/α,β-unsaturated/α-hetero) is 1. The van der Waals surface area contributed by atoms with Gasteiger partial charge in [-0.05, 0) is 48.2 Å². The number of nitrogens with two attached hydrogens (primary N) is 1. The number of hydrogen-bond acceptors (Lipinski definition) is 6. The first-order valence-corrected chi connectivity index (χ1v) is 14.3.